The molecule has 0 radical (unpaired) electrons. The summed E-state index contributed by atoms with van der Waals surface area (Å²) in [5, 5.41) is 0. The molecule has 2 aliphatic rings. The quantitative estimate of drug-likeness (QED) is 0.640. The van der Waals surface area contributed by atoms with Crippen molar-refractivity contribution >= 4 is 0 Å². The van der Waals surface area contributed by atoms with Crippen molar-refractivity contribution in [2.24, 2.45) is 17.8 Å². The van der Waals surface area contributed by atoms with Crippen molar-refractivity contribution in [2.75, 3.05) is 0 Å². The number of rotatable bonds is 5. The average Bonchev–Trinajstić information content (AvgIpc) is 2.62. The molecule has 0 unspecified atom stereocenters. The Morgan fingerprint density at radius 1 is 1.00 bits per heavy atom. The highest BCUT2D eigenvalue weighted by molar-refractivity contribution is 5.21. The number of halogens is 2. The number of aromatic nitrogens is 1. The first-order valence-electron chi connectivity index (χ1n) is 9.56. The highest BCUT2D eigenvalue weighted by Gasteiger charge is 2.31. The summed E-state index contributed by atoms with van der Waals surface area (Å²) in [5.41, 5.74) is 1.17. The van der Waals surface area contributed by atoms with E-state index in [1.807, 2.05) is 6.07 Å². The summed E-state index contributed by atoms with van der Waals surface area (Å²) in [6.45, 7) is -0.483. The van der Waals surface area contributed by atoms with E-state index >= 15 is 0 Å². The molecule has 0 atom stereocenters. The third kappa shape index (κ3) is 4.46. The van der Waals surface area contributed by atoms with Gasteiger partial charge >= 0.3 is 6.61 Å². The second kappa shape index (κ2) is 8.26. The lowest BCUT2D eigenvalue weighted by atomic mass is 9.68. The van der Waals surface area contributed by atoms with Gasteiger partial charge in [0.2, 0.25) is 5.88 Å². The lowest BCUT2D eigenvalue weighted by Crippen LogP contribution is -2.25. The van der Waals surface area contributed by atoms with Gasteiger partial charge in [-0.25, -0.2) is 4.98 Å². The Balaban J connectivity index is 1.48. The number of hydrogen-bond donors (Lipinski definition) is 0. The van der Waals surface area contributed by atoms with Gasteiger partial charge in [0.05, 0.1) is 0 Å². The van der Waals surface area contributed by atoms with Crippen LogP contribution in [0.1, 0.15) is 76.2 Å². The minimum atomic E-state index is -2.80. The molecule has 0 N–H and O–H groups in total. The Bertz CT molecular complexity index is 489. The first kappa shape index (κ1) is 17.6. The summed E-state index contributed by atoms with van der Waals surface area (Å²) in [5.74, 6) is 3.34. The van der Waals surface area contributed by atoms with Gasteiger partial charge in [-0.1, -0.05) is 32.3 Å². The molecule has 4 heteroatoms. The van der Waals surface area contributed by atoms with Gasteiger partial charge in [-0.05, 0) is 67.8 Å². The van der Waals surface area contributed by atoms with E-state index in [1.165, 1.54) is 63.4 Å². The summed E-state index contributed by atoms with van der Waals surface area (Å²) in [6.07, 6.45) is 13.8. The molecule has 24 heavy (non-hydrogen) atoms. The maximum Gasteiger partial charge on any atom is 0.388 e. The van der Waals surface area contributed by atoms with Gasteiger partial charge in [-0.2, -0.15) is 8.78 Å². The van der Waals surface area contributed by atoms with Gasteiger partial charge in [-0.15, -0.1) is 0 Å². The molecule has 1 aromatic heterocycles. The van der Waals surface area contributed by atoms with Gasteiger partial charge in [-0.3, -0.25) is 0 Å². The van der Waals surface area contributed by atoms with Gasteiger partial charge < -0.3 is 4.74 Å². The zero-order valence-electron chi connectivity index (χ0n) is 14.6. The number of alkyl halides is 2. The molecule has 2 fully saturated rings. The molecule has 2 aliphatic carbocycles. The average molecular weight is 337 g/mol. The minimum Gasteiger partial charge on any atom is -0.417 e. The highest BCUT2D eigenvalue weighted by atomic mass is 19.3. The monoisotopic (exact) mass is 337 g/mol. The fourth-order valence-electron chi connectivity index (χ4n) is 4.79. The van der Waals surface area contributed by atoms with E-state index in [9.17, 15) is 8.78 Å². The third-order valence-electron chi connectivity index (χ3n) is 6.35. The standard InChI is InChI=1S/C20H29F2NO/c1-2-14-3-5-15(6-4-14)16-7-9-17(10-8-16)18-11-12-19(23-13-18)24-20(21)22/h11-17,20H,2-10H2,1H3/t14-,15-,16-,17-. The van der Waals surface area contributed by atoms with Crippen molar-refractivity contribution in [1.82, 2.24) is 4.98 Å². The van der Waals surface area contributed by atoms with Crippen molar-refractivity contribution in [1.29, 1.82) is 0 Å². The van der Waals surface area contributed by atoms with Crippen LogP contribution in [0.25, 0.3) is 0 Å². The summed E-state index contributed by atoms with van der Waals surface area (Å²) >= 11 is 0. The summed E-state index contributed by atoms with van der Waals surface area (Å²) in [6, 6.07) is 3.47. The highest BCUT2D eigenvalue weighted by Crippen LogP contribution is 2.44. The Morgan fingerprint density at radius 3 is 2.12 bits per heavy atom. The first-order valence-corrected chi connectivity index (χ1v) is 9.56. The van der Waals surface area contributed by atoms with Crippen LogP contribution in [-0.4, -0.2) is 11.6 Å². The Labute approximate surface area is 144 Å². The summed E-state index contributed by atoms with van der Waals surface area (Å²) in [4.78, 5) is 4.02. The molecule has 0 saturated heterocycles. The predicted molar refractivity (Wildman–Crippen MR) is 91.3 cm³/mol. The van der Waals surface area contributed by atoms with E-state index in [4.69, 9.17) is 0 Å². The fourth-order valence-corrected chi connectivity index (χ4v) is 4.79. The Kier molecular flexibility index (Phi) is 6.07. The molecule has 0 aromatic carbocycles. The molecule has 0 aliphatic heterocycles. The van der Waals surface area contributed by atoms with Gasteiger partial charge in [0.15, 0.2) is 0 Å². The first-order chi connectivity index (χ1) is 11.7. The third-order valence-corrected chi connectivity index (χ3v) is 6.35. The van der Waals surface area contributed by atoms with E-state index in [-0.39, 0.29) is 5.88 Å². The van der Waals surface area contributed by atoms with Crippen LogP contribution < -0.4 is 4.74 Å². The van der Waals surface area contributed by atoms with E-state index in [0.29, 0.717) is 5.92 Å². The molecule has 1 aromatic rings. The van der Waals surface area contributed by atoms with Crippen LogP contribution in [0.5, 0.6) is 5.88 Å². The number of hydrogen-bond acceptors (Lipinski definition) is 2. The SMILES string of the molecule is CC[C@H]1CC[C@H]([C@H]2CC[C@H](c3ccc(OC(F)F)nc3)CC2)CC1. The molecule has 0 spiro atoms. The second-order valence-corrected chi connectivity index (χ2v) is 7.61. The van der Waals surface area contributed by atoms with Crippen LogP contribution in [-0.2, 0) is 0 Å². The largest absolute Gasteiger partial charge is 0.417 e. The van der Waals surface area contributed by atoms with E-state index < -0.39 is 6.61 Å². The van der Waals surface area contributed by atoms with Crippen LogP contribution in [0.2, 0.25) is 0 Å². The van der Waals surface area contributed by atoms with Gasteiger partial charge in [0.25, 0.3) is 0 Å². The maximum atomic E-state index is 12.2. The normalized spacial score (nSPS) is 31.2. The lowest BCUT2D eigenvalue weighted by Gasteiger charge is -2.37. The fraction of sp³-hybridized carbons (Fsp3) is 0.750. The van der Waals surface area contributed by atoms with Gasteiger partial charge in [0, 0.05) is 12.3 Å². The van der Waals surface area contributed by atoms with Gasteiger partial charge in [0.1, 0.15) is 0 Å². The zero-order chi connectivity index (χ0) is 16.9. The van der Waals surface area contributed by atoms with Crippen molar-refractivity contribution < 1.29 is 13.5 Å². The number of nitrogens with zero attached hydrogens (tertiary/aromatic N) is 1. The van der Waals surface area contributed by atoms with E-state index in [0.717, 1.165) is 17.8 Å². The molecule has 2 saturated carbocycles. The second-order valence-electron chi connectivity index (χ2n) is 7.61. The summed E-state index contributed by atoms with van der Waals surface area (Å²) in [7, 11) is 0. The Hall–Kier alpha value is -1.19. The summed E-state index contributed by atoms with van der Waals surface area (Å²) < 4.78 is 28.7. The van der Waals surface area contributed by atoms with E-state index in [1.54, 1.807) is 12.3 Å². The van der Waals surface area contributed by atoms with Crippen molar-refractivity contribution in [3.8, 4) is 5.88 Å². The number of pyridine rings is 1. The van der Waals surface area contributed by atoms with Crippen LogP contribution in [0.15, 0.2) is 18.3 Å². The smallest absolute Gasteiger partial charge is 0.388 e. The van der Waals surface area contributed by atoms with Crippen molar-refractivity contribution in [2.45, 2.75) is 77.2 Å². The molecule has 0 amide bonds. The van der Waals surface area contributed by atoms with Crippen LogP contribution in [0, 0.1) is 17.8 Å². The molecular weight excluding hydrogens is 308 g/mol. The van der Waals surface area contributed by atoms with Crippen molar-refractivity contribution in [3.05, 3.63) is 23.9 Å². The lowest BCUT2D eigenvalue weighted by molar-refractivity contribution is -0.0528. The van der Waals surface area contributed by atoms with Crippen LogP contribution in [0.4, 0.5) is 8.78 Å². The molecule has 134 valence electrons. The molecule has 3 rings (SSSR count). The minimum absolute atomic E-state index is 0.00937. The topological polar surface area (TPSA) is 22.1 Å². The van der Waals surface area contributed by atoms with E-state index in [2.05, 4.69) is 16.6 Å². The zero-order valence-corrected chi connectivity index (χ0v) is 14.6. The molecule has 2 nitrogen and oxygen atoms in total. The maximum absolute atomic E-state index is 12.2. The Morgan fingerprint density at radius 2 is 1.62 bits per heavy atom. The molecule has 0 bridgehead atoms. The predicted octanol–water partition coefficient (Wildman–Crippen LogP) is 6.17. The molecule has 1 heterocycles. The number of ether oxygens (including phenoxy) is 1. The van der Waals surface area contributed by atoms with Crippen LogP contribution in [0.3, 0.4) is 0 Å². The van der Waals surface area contributed by atoms with Crippen LogP contribution >= 0.6 is 0 Å². The molecular formula is C20H29F2NO. The van der Waals surface area contributed by atoms with Crippen molar-refractivity contribution in [3.63, 3.8) is 0 Å².